The minimum Gasteiger partial charge on any atom is -0.493 e. The normalized spacial score (nSPS) is 19.9. The Morgan fingerprint density at radius 2 is 1.77 bits per heavy atom. The van der Waals surface area contributed by atoms with Gasteiger partial charge in [-0.3, -0.25) is 4.79 Å². The van der Waals surface area contributed by atoms with Crippen molar-refractivity contribution in [2.45, 2.75) is 32.7 Å². The number of benzene rings is 2. The second-order valence-corrected chi connectivity index (χ2v) is 6.61. The number of ether oxygens (including phenoxy) is 3. The quantitative estimate of drug-likeness (QED) is 0.823. The van der Waals surface area contributed by atoms with Gasteiger partial charge in [0.05, 0.1) is 19.3 Å². The zero-order chi connectivity index (χ0) is 18.5. The first-order chi connectivity index (χ1) is 12.6. The Morgan fingerprint density at radius 1 is 1.08 bits per heavy atom. The molecule has 2 atom stereocenters. The van der Waals surface area contributed by atoms with Crippen molar-refractivity contribution in [1.29, 1.82) is 0 Å². The molecule has 0 unspecified atom stereocenters. The average Bonchev–Trinajstić information content (AvgIpc) is 2.65. The van der Waals surface area contributed by atoms with E-state index in [0.717, 1.165) is 5.56 Å². The van der Waals surface area contributed by atoms with E-state index in [1.165, 1.54) is 0 Å². The fourth-order valence-electron chi connectivity index (χ4n) is 3.18. The summed E-state index contributed by atoms with van der Waals surface area (Å²) in [4.78, 5) is 14.7. The maximum atomic E-state index is 12.8. The standard InChI is InChI=1S/C21H25NO4/c1-15-12-22(13-16(2)26-15)21(23)18-9-10-19(20(11-18)24-3)25-14-17-7-5-4-6-8-17/h4-11,15-16H,12-14H2,1-3H3/t15-,16-/m1/s1. The van der Waals surface area contributed by atoms with Crippen LogP contribution < -0.4 is 9.47 Å². The number of methoxy groups -OCH3 is 1. The number of rotatable bonds is 5. The van der Waals surface area contributed by atoms with Crippen LogP contribution in [0.15, 0.2) is 48.5 Å². The lowest BCUT2D eigenvalue weighted by molar-refractivity contribution is -0.0586. The van der Waals surface area contributed by atoms with Crippen molar-refractivity contribution in [3.8, 4) is 11.5 Å². The highest BCUT2D eigenvalue weighted by atomic mass is 16.5. The van der Waals surface area contributed by atoms with Crippen LogP contribution in [0.5, 0.6) is 11.5 Å². The van der Waals surface area contributed by atoms with Gasteiger partial charge in [-0.2, -0.15) is 0 Å². The average molecular weight is 355 g/mol. The molecule has 2 aromatic carbocycles. The molecular formula is C21H25NO4. The van der Waals surface area contributed by atoms with Crippen LogP contribution in [-0.2, 0) is 11.3 Å². The predicted octanol–water partition coefficient (Wildman–Crippen LogP) is 3.52. The zero-order valence-corrected chi connectivity index (χ0v) is 15.5. The van der Waals surface area contributed by atoms with E-state index in [-0.39, 0.29) is 18.1 Å². The lowest BCUT2D eigenvalue weighted by Gasteiger charge is -2.35. The number of carbonyl (C=O) groups is 1. The second-order valence-electron chi connectivity index (χ2n) is 6.61. The Bertz CT molecular complexity index is 737. The highest BCUT2D eigenvalue weighted by Crippen LogP contribution is 2.29. The largest absolute Gasteiger partial charge is 0.493 e. The maximum absolute atomic E-state index is 12.8. The van der Waals surface area contributed by atoms with Crippen molar-refractivity contribution in [3.05, 3.63) is 59.7 Å². The topological polar surface area (TPSA) is 48.0 Å². The van der Waals surface area contributed by atoms with Gasteiger partial charge >= 0.3 is 0 Å². The van der Waals surface area contributed by atoms with Crippen LogP contribution in [0.2, 0.25) is 0 Å². The van der Waals surface area contributed by atoms with Crippen molar-refractivity contribution in [2.75, 3.05) is 20.2 Å². The van der Waals surface area contributed by atoms with Gasteiger partial charge in [0.2, 0.25) is 0 Å². The summed E-state index contributed by atoms with van der Waals surface area (Å²) in [5.41, 5.74) is 1.67. The first-order valence-electron chi connectivity index (χ1n) is 8.86. The van der Waals surface area contributed by atoms with E-state index in [2.05, 4.69) is 0 Å². The second kappa shape index (κ2) is 8.23. The summed E-state index contributed by atoms with van der Waals surface area (Å²) < 4.78 is 17.0. The summed E-state index contributed by atoms with van der Waals surface area (Å²) in [5, 5.41) is 0. The molecule has 0 radical (unpaired) electrons. The van der Waals surface area contributed by atoms with Gasteiger partial charge in [-0.05, 0) is 37.6 Å². The Labute approximate surface area is 154 Å². The molecule has 0 bridgehead atoms. The predicted molar refractivity (Wildman–Crippen MR) is 99.7 cm³/mol. The molecule has 1 aliphatic heterocycles. The summed E-state index contributed by atoms with van der Waals surface area (Å²) in [5.74, 6) is 1.16. The van der Waals surface area contributed by atoms with Gasteiger partial charge in [-0.1, -0.05) is 30.3 Å². The Morgan fingerprint density at radius 3 is 2.42 bits per heavy atom. The third-order valence-corrected chi connectivity index (χ3v) is 4.35. The van der Waals surface area contributed by atoms with Gasteiger partial charge in [0.25, 0.3) is 5.91 Å². The van der Waals surface area contributed by atoms with Crippen molar-refractivity contribution in [2.24, 2.45) is 0 Å². The van der Waals surface area contributed by atoms with Gasteiger partial charge in [-0.15, -0.1) is 0 Å². The molecule has 1 amide bonds. The molecule has 1 saturated heterocycles. The van der Waals surface area contributed by atoms with Crippen molar-refractivity contribution in [3.63, 3.8) is 0 Å². The summed E-state index contributed by atoms with van der Waals surface area (Å²) >= 11 is 0. The highest BCUT2D eigenvalue weighted by Gasteiger charge is 2.27. The molecule has 1 heterocycles. The van der Waals surface area contributed by atoms with Crippen molar-refractivity contribution in [1.82, 2.24) is 4.90 Å². The number of amides is 1. The van der Waals surface area contributed by atoms with Crippen LogP contribution in [-0.4, -0.2) is 43.2 Å². The van der Waals surface area contributed by atoms with E-state index in [4.69, 9.17) is 14.2 Å². The van der Waals surface area contributed by atoms with Crippen LogP contribution in [0.3, 0.4) is 0 Å². The molecule has 0 spiro atoms. The lowest BCUT2D eigenvalue weighted by Crippen LogP contribution is -2.48. The monoisotopic (exact) mass is 355 g/mol. The molecule has 0 N–H and O–H groups in total. The molecule has 5 nitrogen and oxygen atoms in total. The third-order valence-electron chi connectivity index (χ3n) is 4.35. The van der Waals surface area contributed by atoms with E-state index >= 15 is 0 Å². The molecule has 138 valence electrons. The molecule has 1 fully saturated rings. The van der Waals surface area contributed by atoms with Crippen molar-refractivity contribution < 1.29 is 19.0 Å². The fraction of sp³-hybridized carbons (Fsp3) is 0.381. The van der Waals surface area contributed by atoms with Gasteiger partial charge in [0, 0.05) is 18.7 Å². The molecule has 2 aromatic rings. The highest BCUT2D eigenvalue weighted by molar-refractivity contribution is 5.95. The number of morpholine rings is 1. The van der Waals surface area contributed by atoms with Crippen LogP contribution >= 0.6 is 0 Å². The Balaban J connectivity index is 1.72. The van der Waals surface area contributed by atoms with Crippen LogP contribution in [0.1, 0.15) is 29.8 Å². The Hall–Kier alpha value is -2.53. The van der Waals surface area contributed by atoms with Gasteiger partial charge in [0.15, 0.2) is 11.5 Å². The number of hydrogen-bond acceptors (Lipinski definition) is 4. The minimum absolute atomic E-state index is 0.0140. The van der Waals surface area contributed by atoms with Gasteiger partial charge in [-0.25, -0.2) is 0 Å². The van der Waals surface area contributed by atoms with Gasteiger partial charge < -0.3 is 19.1 Å². The van der Waals surface area contributed by atoms with Crippen LogP contribution in [0.4, 0.5) is 0 Å². The summed E-state index contributed by atoms with van der Waals surface area (Å²) in [6.07, 6.45) is 0.0798. The number of carbonyl (C=O) groups excluding carboxylic acids is 1. The van der Waals surface area contributed by atoms with Crippen LogP contribution in [0, 0.1) is 0 Å². The molecule has 0 aromatic heterocycles. The number of hydrogen-bond donors (Lipinski definition) is 0. The van der Waals surface area contributed by atoms with E-state index in [1.807, 2.05) is 49.1 Å². The van der Waals surface area contributed by atoms with E-state index in [9.17, 15) is 4.79 Å². The smallest absolute Gasteiger partial charge is 0.254 e. The minimum atomic E-state index is -0.0140. The molecule has 3 rings (SSSR count). The first kappa shape index (κ1) is 18.3. The summed E-state index contributed by atoms with van der Waals surface area (Å²) in [7, 11) is 1.58. The maximum Gasteiger partial charge on any atom is 0.254 e. The third kappa shape index (κ3) is 4.35. The molecule has 1 aliphatic rings. The number of nitrogens with zero attached hydrogens (tertiary/aromatic N) is 1. The molecule has 26 heavy (non-hydrogen) atoms. The SMILES string of the molecule is COc1cc(C(=O)N2C[C@@H](C)O[C@H](C)C2)ccc1OCc1ccccc1. The molecule has 5 heteroatoms. The lowest BCUT2D eigenvalue weighted by atomic mass is 10.1. The molecule has 0 saturated carbocycles. The van der Waals surface area contributed by atoms with Crippen molar-refractivity contribution >= 4 is 5.91 Å². The summed E-state index contributed by atoms with van der Waals surface area (Å²) in [6.45, 7) is 5.60. The van der Waals surface area contributed by atoms with E-state index in [1.54, 1.807) is 25.3 Å². The summed E-state index contributed by atoms with van der Waals surface area (Å²) in [6, 6.07) is 15.3. The van der Waals surface area contributed by atoms with Gasteiger partial charge in [0.1, 0.15) is 6.61 Å². The zero-order valence-electron chi connectivity index (χ0n) is 15.5. The van der Waals surface area contributed by atoms with Crippen LogP contribution in [0.25, 0.3) is 0 Å². The first-order valence-corrected chi connectivity index (χ1v) is 8.86. The molecular weight excluding hydrogens is 330 g/mol. The van der Waals surface area contributed by atoms with E-state index in [0.29, 0.717) is 36.8 Å². The molecule has 0 aliphatic carbocycles. The van der Waals surface area contributed by atoms with E-state index < -0.39 is 0 Å². The Kier molecular flexibility index (Phi) is 5.78. The fourth-order valence-corrected chi connectivity index (χ4v) is 3.18.